The zero-order valence-corrected chi connectivity index (χ0v) is 13.4. The van der Waals surface area contributed by atoms with Crippen molar-refractivity contribution in [2.45, 2.75) is 37.3 Å². The first-order valence-electron chi connectivity index (χ1n) is 6.94. The van der Waals surface area contributed by atoms with E-state index in [-0.39, 0.29) is 6.29 Å². The molecule has 1 aliphatic rings. The Labute approximate surface area is 132 Å². The molecule has 0 spiro atoms. The standard InChI is InChI=1S/C13H17ClN4O2S/c1-21-13-16-11(14)9-8-15-18(12(9)17-13)5-7-20-10-4-2-3-6-19-10/h8,10H,2-7H2,1H3. The Balaban J connectivity index is 1.67. The van der Waals surface area contributed by atoms with Gasteiger partial charge in [-0.25, -0.2) is 14.6 Å². The Morgan fingerprint density at radius 2 is 2.38 bits per heavy atom. The van der Waals surface area contributed by atoms with Gasteiger partial charge in [0.2, 0.25) is 0 Å². The molecule has 1 saturated heterocycles. The molecule has 6 nitrogen and oxygen atoms in total. The molecule has 0 amide bonds. The van der Waals surface area contributed by atoms with Gasteiger partial charge in [-0.05, 0) is 25.5 Å². The van der Waals surface area contributed by atoms with Gasteiger partial charge in [0.15, 0.2) is 17.1 Å². The van der Waals surface area contributed by atoms with Gasteiger partial charge in [0.05, 0.1) is 24.7 Å². The Bertz CT molecular complexity index is 615. The minimum Gasteiger partial charge on any atom is -0.353 e. The Morgan fingerprint density at radius 1 is 1.48 bits per heavy atom. The second-order valence-electron chi connectivity index (χ2n) is 4.77. The molecule has 114 valence electrons. The second-order valence-corrected chi connectivity index (χ2v) is 5.90. The molecule has 0 N–H and O–H groups in total. The highest BCUT2D eigenvalue weighted by Crippen LogP contribution is 2.23. The number of hydrogen-bond acceptors (Lipinski definition) is 6. The molecular formula is C13H17ClN4O2S. The van der Waals surface area contributed by atoms with E-state index in [0.717, 1.165) is 36.9 Å². The molecule has 2 aromatic heterocycles. The molecule has 8 heteroatoms. The van der Waals surface area contributed by atoms with Crippen LogP contribution >= 0.6 is 23.4 Å². The van der Waals surface area contributed by atoms with Crippen molar-refractivity contribution in [1.29, 1.82) is 0 Å². The summed E-state index contributed by atoms with van der Waals surface area (Å²) in [4.78, 5) is 8.66. The molecule has 1 atom stereocenters. The summed E-state index contributed by atoms with van der Waals surface area (Å²) in [5.41, 5.74) is 0.743. The van der Waals surface area contributed by atoms with E-state index in [9.17, 15) is 0 Å². The van der Waals surface area contributed by atoms with Gasteiger partial charge < -0.3 is 9.47 Å². The summed E-state index contributed by atoms with van der Waals surface area (Å²) in [6, 6.07) is 0. The molecule has 0 saturated carbocycles. The number of rotatable bonds is 5. The van der Waals surface area contributed by atoms with Crippen LogP contribution in [0.3, 0.4) is 0 Å². The number of ether oxygens (including phenoxy) is 2. The van der Waals surface area contributed by atoms with Crippen LogP contribution in [0.1, 0.15) is 19.3 Å². The molecular weight excluding hydrogens is 312 g/mol. The van der Waals surface area contributed by atoms with E-state index in [0.29, 0.717) is 23.5 Å². The van der Waals surface area contributed by atoms with Crippen molar-refractivity contribution in [2.75, 3.05) is 19.5 Å². The number of fused-ring (bicyclic) bond motifs is 1. The first-order chi connectivity index (χ1) is 10.3. The zero-order valence-electron chi connectivity index (χ0n) is 11.8. The fourth-order valence-corrected chi connectivity index (χ4v) is 2.89. The zero-order chi connectivity index (χ0) is 14.7. The Morgan fingerprint density at radius 3 is 3.14 bits per heavy atom. The van der Waals surface area contributed by atoms with Crippen molar-refractivity contribution < 1.29 is 9.47 Å². The number of aromatic nitrogens is 4. The third-order valence-electron chi connectivity index (χ3n) is 3.36. The van der Waals surface area contributed by atoms with Gasteiger partial charge in [-0.3, -0.25) is 0 Å². The van der Waals surface area contributed by atoms with Crippen LogP contribution in [0.2, 0.25) is 5.15 Å². The van der Waals surface area contributed by atoms with E-state index in [1.54, 1.807) is 10.9 Å². The average molecular weight is 329 g/mol. The van der Waals surface area contributed by atoms with Crippen LogP contribution in [-0.4, -0.2) is 45.5 Å². The molecule has 0 aliphatic carbocycles. The van der Waals surface area contributed by atoms with Crippen molar-refractivity contribution in [3.05, 3.63) is 11.3 Å². The van der Waals surface area contributed by atoms with E-state index in [4.69, 9.17) is 21.1 Å². The third-order valence-corrected chi connectivity index (χ3v) is 4.19. The van der Waals surface area contributed by atoms with E-state index >= 15 is 0 Å². The van der Waals surface area contributed by atoms with Gasteiger partial charge in [-0.1, -0.05) is 23.4 Å². The van der Waals surface area contributed by atoms with Crippen LogP contribution in [-0.2, 0) is 16.0 Å². The molecule has 0 aromatic carbocycles. The SMILES string of the molecule is CSc1nc(Cl)c2cnn(CCOC3CCCCO3)c2n1. The van der Waals surface area contributed by atoms with Crippen molar-refractivity contribution in [3.8, 4) is 0 Å². The number of nitrogens with zero attached hydrogens (tertiary/aromatic N) is 4. The van der Waals surface area contributed by atoms with Crippen LogP contribution in [0.15, 0.2) is 11.4 Å². The van der Waals surface area contributed by atoms with Crippen LogP contribution < -0.4 is 0 Å². The number of hydrogen-bond donors (Lipinski definition) is 0. The molecule has 1 fully saturated rings. The predicted octanol–water partition coefficient (Wildman–Crippen LogP) is 2.74. The lowest BCUT2D eigenvalue weighted by molar-refractivity contribution is -0.163. The quantitative estimate of drug-likeness (QED) is 0.478. The highest BCUT2D eigenvalue weighted by atomic mass is 35.5. The molecule has 21 heavy (non-hydrogen) atoms. The summed E-state index contributed by atoms with van der Waals surface area (Å²) in [7, 11) is 0. The molecule has 2 aromatic rings. The molecule has 3 rings (SSSR count). The topological polar surface area (TPSA) is 62.1 Å². The van der Waals surface area contributed by atoms with Gasteiger partial charge in [0.25, 0.3) is 0 Å². The van der Waals surface area contributed by atoms with Crippen molar-refractivity contribution in [3.63, 3.8) is 0 Å². The minimum absolute atomic E-state index is 0.0828. The smallest absolute Gasteiger partial charge is 0.190 e. The van der Waals surface area contributed by atoms with Crippen molar-refractivity contribution in [2.24, 2.45) is 0 Å². The van der Waals surface area contributed by atoms with Gasteiger partial charge in [0.1, 0.15) is 5.15 Å². The average Bonchev–Trinajstić information content (AvgIpc) is 2.92. The molecule has 1 unspecified atom stereocenters. The van der Waals surface area contributed by atoms with E-state index < -0.39 is 0 Å². The summed E-state index contributed by atoms with van der Waals surface area (Å²) in [5.74, 6) is 0. The number of thioether (sulfide) groups is 1. The lowest BCUT2D eigenvalue weighted by Crippen LogP contribution is -2.24. The Hall–Kier alpha value is -0.890. The van der Waals surface area contributed by atoms with Crippen LogP contribution in [0, 0.1) is 0 Å². The molecule has 1 aliphatic heterocycles. The largest absolute Gasteiger partial charge is 0.353 e. The maximum absolute atomic E-state index is 6.14. The first-order valence-corrected chi connectivity index (χ1v) is 8.54. The van der Waals surface area contributed by atoms with Crippen LogP contribution in [0.4, 0.5) is 0 Å². The maximum atomic E-state index is 6.14. The first kappa shape index (κ1) is 15.0. The van der Waals surface area contributed by atoms with Crippen LogP contribution in [0.25, 0.3) is 11.0 Å². The summed E-state index contributed by atoms with van der Waals surface area (Å²) in [6.45, 7) is 1.94. The Kier molecular flexibility index (Phi) is 4.95. The lowest BCUT2D eigenvalue weighted by Gasteiger charge is -2.22. The fourth-order valence-electron chi connectivity index (χ4n) is 2.27. The second kappa shape index (κ2) is 6.91. The van der Waals surface area contributed by atoms with E-state index in [1.807, 2.05) is 6.26 Å². The van der Waals surface area contributed by atoms with Gasteiger partial charge in [-0.2, -0.15) is 5.10 Å². The molecule has 3 heterocycles. The van der Waals surface area contributed by atoms with Gasteiger partial charge in [0, 0.05) is 6.61 Å². The normalized spacial score (nSPS) is 19.2. The highest BCUT2D eigenvalue weighted by molar-refractivity contribution is 7.98. The predicted molar refractivity (Wildman–Crippen MR) is 81.7 cm³/mol. The van der Waals surface area contributed by atoms with Crippen molar-refractivity contribution in [1.82, 2.24) is 19.7 Å². The summed E-state index contributed by atoms with van der Waals surface area (Å²) < 4.78 is 13.1. The minimum atomic E-state index is -0.0828. The highest BCUT2D eigenvalue weighted by Gasteiger charge is 2.15. The monoisotopic (exact) mass is 328 g/mol. The molecule has 0 radical (unpaired) electrons. The molecule has 0 bridgehead atoms. The lowest BCUT2D eigenvalue weighted by atomic mass is 10.2. The van der Waals surface area contributed by atoms with E-state index in [1.165, 1.54) is 11.8 Å². The van der Waals surface area contributed by atoms with Gasteiger partial charge >= 0.3 is 0 Å². The van der Waals surface area contributed by atoms with E-state index in [2.05, 4.69) is 15.1 Å². The van der Waals surface area contributed by atoms with Crippen molar-refractivity contribution >= 4 is 34.4 Å². The fraction of sp³-hybridized carbons (Fsp3) is 0.615. The van der Waals surface area contributed by atoms with Crippen LogP contribution in [0.5, 0.6) is 0 Å². The summed E-state index contributed by atoms with van der Waals surface area (Å²) in [5, 5.41) is 6.16. The summed E-state index contributed by atoms with van der Waals surface area (Å²) >= 11 is 7.60. The van der Waals surface area contributed by atoms with Gasteiger partial charge in [-0.15, -0.1) is 0 Å². The third kappa shape index (κ3) is 3.48. The maximum Gasteiger partial charge on any atom is 0.190 e. The summed E-state index contributed by atoms with van der Waals surface area (Å²) in [6.07, 6.45) is 6.78. The number of halogens is 1.